The van der Waals surface area contributed by atoms with Crippen LogP contribution in [0.2, 0.25) is 0 Å². The fourth-order valence-electron chi connectivity index (χ4n) is 2.45. The lowest BCUT2D eigenvalue weighted by molar-refractivity contribution is -0.155. The second-order valence-electron chi connectivity index (χ2n) is 5.77. The van der Waals surface area contributed by atoms with Gasteiger partial charge in [0, 0.05) is 18.7 Å². The summed E-state index contributed by atoms with van der Waals surface area (Å²) in [5.74, 6) is -0.496. The number of thioether (sulfide) groups is 1. The van der Waals surface area contributed by atoms with Gasteiger partial charge in [0.05, 0.1) is 13.2 Å². The molecule has 8 heteroatoms. The van der Waals surface area contributed by atoms with Crippen LogP contribution in [0.3, 0.4) is 0 Å². The largest absolute Gasteiger partial charge is 0.454 e. The van der Waals surface area contributed by atoms with Gasteiger partial charge in [-0.2, -0.15) is 11.8 Å². The molecule has 0 saturated carbocycles. The molecular formula is C18H24N2O5S. The number of morpholine rings is 1. The molecule has 1 aromatic rings. The zero-order chi connectivity index (χ0) is 18.8. The van der Waals surface area contributed by atoms with Crippen molar-refractivity contribution in [1.82, 2.24) is 10.2 Å². The Morgan fingerprint density at radius 3 is 2.58 bits per heavy atom. The fraction of sp³-hybridized carbons (Fsp3) is 0.500. The van der Waals surface area contributed by atoms with Crippen LogP contribution in [0, 0.1) is 0 Å². The Bertz CT molecular complexity index is 605. The third kappa shape index (κ3) is 6.34. The molecule has 1 fully saturated rings. The average Bonchev–Trinajstić information content (AvgIpc) is 2.70. The van der Waals surface area contributed by atoms with Crippen LogP contribution in [0.1, 0.15) is 16.8 Å². The Hall–Kier alpha value is -2.06. The number of hydrogen-bond acceptors (Lipinski definition) is 6. The summed E-state index contributed by atoms with van der Waals surface area (Å²) < 4.78 is 10.4. The van der Waals surface area contributed by atoms with Crippen LogP contribution in [0.4, 0.5) is 0 Å². The highest BCUT2D eigenvalue weighted by atomic mass is 32.2. The average molecular weight is 380 g/mol. The topological polar surface area (TPSA) is 84.9 Å². The highest BCUT2D eigenvalue weighted by molar-refractivity contribution is 7.98. The summed E-state index contributed by atoms with van der Waals surface area (Å²) in [6.07, 6.45) is 2.35. The van der Waals surface area contributed by atoms with E-state index in [2.05, 4.69) is 5.32 Å². The molecule has 1 N–H and O–H groups in total. The quantitative estimate of drug-likeness (QED) is 0.676. The summed E-state index contributed by atoms with van der Waals surface area (Å²) in [6, 6.07) is 7.89. The molecule has 1 aliphatic rings. The normalized spacial score (nSPS) is 15.2. The second kappa shape index (κ2) is 10.8. The monoisotopic (exact) mass is 380 g/mol. The van der Waals surface area contributed by atoms with Crippen molar-refractivity contribution in [3.8, 4) is 0 Å². The Balaban J connectivity index is 1.89. The lowest BCUT2D eigenvalue weighted by Gasteiger charge is -2.27. The molecule has 7 nitrogen and oxygen atoms in total. The SMILES string of the molecule is CSCC[C@@H](NC(=O)c1ccccc1)C(=O)OCC(=O)N1CCOCC1. The first-order valence-corrected chi connectivity index (χ1v) is 9.88. The van der Waals surface area contributed by atoms with Crippen molar-refractivity contribution in [2.24, 2.45) is 0 Å². The Labute approximate surface area is 157 Å². The van der Waals surface area contributed by atoms with Gasteiger partial charge in [-0.3, -0.25) is 9.59 Å². The minimum absolute atomic E-state index is 0.250. The third-order valence-electron chi connectivity index (χ3n) is 3.94. The van der Waals surface area contributed by atoms with Crippen molar-refractivity contribution in [2.45, 2.75) is 12.5 Å². The number of nitrogens with zero attached hydrogens (tertiary/aromatic N) is 1. The first-order chi connectivity index (χ1) is 12.6. The van der Waals surface area contributed by atoms with Crippen LogP contribution in [-0.2, 0) is 19.1 Å². The van der Waals surface area contributed by atoms with E-state index in [1.165, 1.54) is 0 Å². The highest BCUT2D eigenvalue weighted by Gasteiger charge is 2.25. The van der Waals surface area contributed by atoms with Gasteiger partial charge in [0.25, 0.3) is 11.8 Å². The highest BCUT2D eigenvalue weighted by Crippen LogP contribution is 2.06. The zero-order valence-corrected chi connectivity index (χ0v) is 15.6. The Morgan fingerprint density at radius 2 is 1.92 bits per heavy atom. The number of nitrogens with one attached hydrogen (secondary N) is 1. The maximum atomic E-state index is 12.4. The number of rotatable bonds is 8. The first-order valence-electron chi connectivity index (χ1n) is 8.49. The van der Waals surface area contributed by atoms with Gasteiger partial charge in [0.15, 0.2) is 6.61 Å². The number of carbonyl (C=O) groups excluding carboxylic acids is 3. The van der Waals surface area contributed by atoms with Gasteiger partial charge < -0.3 is 19.7 Å². The standard InChI is InChI=1S/C18H24N2O5S/c1-26-12-7-15(19-17(22)14-5-3-2-4-6-14)18(23)25-13-16(21)20-8-10-24-11-9-20/h2-6,15H,7-13H2,1H3,(H,19,22)/t15-/m1/s1. The van der Waals surface area contributed by atoms with E-state index < -0.39 is 12.0 Å². The van der Waals surface area contributed by atoms with Crippen LogP contribution in [0.15, 0.2) is 30.3 Å². The van der Waals surface area contributed by atoms with Gasteiger partial charge in [0.1, 0.15) is 6.04 Å². The molecular weight excluding hydrogens is 356 g/mol. The summed E-state index contributed by atoms with van der Waals surface area (Å²) in [5, 5.41) is 2.70. The molecule has 2 amide bonds. The lowest BCUT2D eigenvalue weighted by atomic mass is 10.1. The molecule has 1 aliphatic heterocycles. The zero-order valence-electron chi connectivity index (χ0n) is 14.8. The summed E-state index contributed by atoms with van der Waals surface area (Å²) >= 11 is 1.57. The molecule has 142 valence electrons. The van der Waals surface area contributed by atoms with Gasteiger partial charge >= 0.3 is 5.97 Å². The van der Waals surface area contributed by atoms with Crippen LogP contribution in [-0.4, -0.2) is 73.6 Å². The molecule has 0 bridgehead atoms. The molecule has 0 spiro atoms. The van der Waals surface area contributed by atoms with E-state index in [1.54, 1.807) is 40.9 Å². The van der Waals surface area contributed by atoms with Crippen molar-refractivity contribution < 1.29 is 23.9 Å². The Morgan fingerprint density at radius 1 is 1.23 bits per heavy atom. The molecule has 0 unspecified atom stereocenters. The van der Waals surface area contributed by atoms with E-state index >= 15 is 0 Å². The molecule has 0 aliphatic carbocycles. The van der Waals surface area contributed by atoms with Crippen molar-refractivity contribution in [1.29, 1.82) is 0 Å². The van der Waals surface area contributed by atoms with Gasteiger partial charge in [-0.15, -0.1) is 0 Å². The molecule has 0 aromatic heterocycles. The van der Waals surface area contributed by atoms with E-state index in [-0.39, 0.29) is 18.4 Å². The van der Waals surface area contributed by atoms with Crippen LogP contribution < -0.4 is 5.32 Å². The molecule has 1 saturated heterocycles. The maximum absolute atomic E-state index is 12.4. The van der Waals surface area contributed by atoms with E-state index in [0.29, 0.717) is 44.0 Å². The molecule has 2 rings (SSSR count). The van der Waals surface area contributed by atoms with E-state index in [0.717, 1.165) is 0 Å². The first kappa shape index (κ1) is 20.3. The summed E-state index contributed by atoms with van der Waals surface area (Å²) in [6.45, 7) is 1.65. The molecule has 0 radical (unpaired) electrons. The van der Waals surface area contributed by atoms with Gasteiger partial charge in [-0.05, 0) is 30.6 Å². The molecule has 1 heterocycles. The third-order valence-corrected chi connectivity index (χ3v) is 4.58. The van der Waals surface area contributed by atoms with Crippen LogP contribution in [0.25, 0.3) is 0 Å². The van der Waals surface area contributed by atoms with Crippen LogP contribution in [0.5, 0.6) is 0 Å². The second-order valence-corrected chi connectivity index (χ2v) is 6.76. The number of benzene rings is 1. The van der Waals surface area contributed by atoms with E-state index in [4.69, 9.17) is 9.47 Å². The number of ether oxygens (including phenoxy) is 2. The van der Waals surface area contributed by atoms with E-state index in [9.17, 15) is 14.4 Å². The fourth-order valence-corrected chi connectivity index (χ4v) is 2.92. The van der Waals surface area contributed by atoms with Gasteiger partial charge in [-0.1, -0.05) is 18.2 Å². The Kier molecular flexibility index (Phi) is 8.43. The lowest BCUT2D eigenvalue weighted by Crippen LogP contribution is -2.45. The van der Waals surface area contributed by atoms with Gasteiger partial charge in [0.2, 0.25) is 0 Å². The van der Waals surface area contributed by atoms with Crippen molar-refractivity contribution >= 4 is 29.5 Å². The minimum atomic E-state index is -0.785. The van der Waals surface area contributed by atoms with Crippen molar-refractivity contribution in [3.63, 3.8) is 0 Å². The van der Waals surface area contributed by atoms with Gasteiger partial charge in [-0.25, -0.2) is 4.79 Å². The number of esters is 1. The molecule has 1 atom stereocenters. The minimum Gasteiger partial charge on any atom is -0.454 e. The predicted molar refractivity (Wildman–Crippen MR) is 99.1 cm³/mol. The summed E-state index contributed by atoms with van der Waals surface area (Å²) in [5.41, 5.74) is 0.471. The molecule has 26 heavy (non-hydrogen) atoms. The smallest absolute Gasteiger partial charge is 0.329 e. The summed E-state index contributed by atoms with van der Waals surface area (Å²) in [7, 11) is 0. The maximum Gasteiger partial charge on any atom is 0.329 e. The van der Waals surface area contributed by atoms with Crippen molar-refractivity contribution in [3.05, 3.63) is 35.9 Å². The number of amides is 2. The van der Waals surface area contributed by atoms with Crippen LogP contribution >= 0.6 is 11.8 Å². The van der Waals surface area contributed by atoms with Crippen molar-refractivity contribution in [2.75, 3.05) is 44.9 Å². The number of hydrogen-bond donors (Lipinski definition) is 1. The summed E-state index contributed by atoms with van der Waals surface area (Å²) in [4.78, 5) is 38.3. The van der Waals surface area contributed by atoms with E-state index in [1.807, 2.05) is 12.3 Å². The predicted octanol–water partition coefficient (Wildman–Crippen LogP) is 0.940. The molecule has 1 aromatic carbocycles. The number of carbonyl (C=O) groups is 3.